The van der Waals surface area contributed by atoms with Gasteiger partial charge in [-0.1, -0.05) is 13.8 Å². The van der Waals surface area contributed by atoms with Gasteiger partial charge in [0.2, 0.25) is 5.91 Å². The molecule has 0 aliphatic rings. The van der Waals surface area contributed by atoms with Crippen LogP contribution in [0.5, 0.6) is 0 Å². The Labute approximate surface area is 67.6 Å². The van der Waals surface area contributed by atoms with Crippen molar-refractivity contribution >= 4 is 5.91 Å². The minimum Gasteiger partial charge on any atom is -0.396 e. The predicted molar refractivity (Wildman–Crippen MR) is 43.8 cm³/mol. The van der Waals surface area contributed by atoms with Gasteiger partial charge in [-0.3, -0.25) is 4.79 Å². The molecule has 0 saturated heterocycles. The minimum atomic E-state index is -0.256. The standard InChI is InChI=1S/C8H17NO2/c1-3-7(8(9)11)6(2)4-5-10/h6-7,10H,3-5H2,1-2H3,(H2,9,11). The molecule has 66 valence electrons. The number of rotatable bonds is 5. The van der Waals surface area contributed by atoms with E-state index in [0.29, 0.717) is 6.42 Å². The number of carbonyl (C=O) groups excluding carboxylic acids is 1. The number of carbonyl (C=O) groups is 1. The molecule has 2 unspecified atom stereocenters. The first-order valence-corrected chi connectivity index (χ1v) is 4.03. The molecular formula is C8H17NO2. The van der Waals surface area contributed by atoms with Gasteiger partial charge in [0.1, 0.15) is 0 Å². The highest BCUT2D eigenvalue weighted by atomic mass is 16.3. The van der Waals surface area contributed by atoms with Crippen LogP contribution >= 0.6 is 0 Å². The molecule has 0 radical (unpaired) electrons. The van der Waals surface area contributed by atoms with Gasteiger partial charge in [-0.25, -0.2) is 0 Å². The number of hydrogen-bond acceptors (Lipinski definition) is 2. The predicted octanol–water partition coefficient (Wildman–Crippen LogP) is 0.516. The van der Waals surface area contributed by atoms with Crippen molar-refractivity contribution in [3.8, 4) is 0 Å². The number of primary amides is 1. The molecule has 0 aromatic carbocycles. The van der Waals surface area contributed by atoms with Crippen molar-refractivity contribution in [2.75, 3.05) is 6.61 Å². The second-order valence-electron chi connectivity index (χ2n) is 2.91. The van der Waals surface area contributed by atoms with E-state index in [1.165, 1.54) is 0 Å². The van der Waals surface area contributed by atoms with Crippen molar-refractivity contribution in [3.63, 3.8) is 0 Å². The van der Waals surface area contributed by atoms with Crippen molar-refractivity contribution in [3.05, 3.63) is 0 Å². The third-order valence-electron chi connectivity index (χ3n) is 2.08. The van der Waals surface area contributed by atoms with Crippen LogP contribution in [-0.2, 0) is 4.79 Å². The summed E-state index contributed by atoms with van der Waals surface area (Å²) in [4.78, 5) is 10.8. The molecule has 0 aromatic heterocycles. The average Bonchev–Trinajstić information content (AvgIpc) is 1.88. The summed E-state index contributed by atoms with van der Waals surface area (Å²) in [6.07, 6.45) is 1.41. The van der Waals surface area contributed by atoms with Gasteiger partial charge >= 0.3 is 0 Å². The fraction of sp³-hybridized carbons (Fsp3) is 0.875. The Morgan fingerprint density at radius 1 is 1.64 bits per heavy atom. The third kappa shape index (κ3) is 3.37. The van der Waals surface area contributed by atoms with E-state index in [0.717, 1.165) is 6.42 Å². The number of aliphatic hydroxyl groups excluding tert-OH is 1. The van der Waals surface area contributed by atoms with E-state index in [1.807, 2.05) is 13.8 Å². The van der Waals surface area contributed by atoms with E-state index in [2.05, 4.69) is 0 Å². The first kappa shape index (κ1) is 10.4. The molecule has 0 fully saturated rings. The Morgan fingerprint density at radius 2 is 2.18 bits per heavy atom. The first-order valence-electron chi connectivity index (χ1n) is 4.03. The Balaban J connectivity index is 3.91. The van der Waals surface area contributed by atoms with E-state index in [9.17, 15) is 4.79 Å². The van der Waals surface area contributed by atoms with Crippen LogP contribution in [0.1, 0.15) is 26.7 Å². The Kier molecular flexibility index (Phi) is 4.86. The number of hydrogen-bond donors (Lipinski definition) is 2. The summed E-state index contributed by atoms with van der Waals surface area (Å²) in [6, 6.07) is 0. The Bertz CT molecular complexity index is 125. The summed E-state index contributed by atoms with van der Waals surface area (Å²) in [7, 11) is 0. The van der Waals surface area contributed by atoms with Crippen molar-refractivity contribution in [2.45, 2.75) is 26.7 Å². The molecule has 0 heterocycles. The normalized spacial score (nSPS) is 15.9. The lowest BCUT2D eigenvalue weighted by Crippen LogP contribution is -2.28. The molecule has 0 bridgehead atoms. The molecule has 0 rings (SSSR count). The maximum absolute atomic E-state index is 10.8. The molecule has 1 amide bonds. The minimum absolute atomic E-state index is 0.0813. The molecule has 2 atom stereocenters. The van der Waals surface area contributed by atoms with Gasteiger partial charge in [0.25, 0.3) is 0 Å². The van der Waals surface area contributed by atoms with Gasteiger partial charge in [0.15, 0.2) is 0 Å². The topological polar surface area (TPSA) is 63.3 Å². The number of nitrogens with two attached hydrogens (primary N) is 1. The van der Waals surface area contributed by atoms with Crippen LogP contribution in [0.3, 0.4) is 0 Å². The molecule has 0 saturated carbocycles. The van der Waals surface area contributed by atoms with Gasteiger partial charge in [0, 0.05) is 12.5 Å². The fourth-order valence-corrected chi connectivity index (χ4v) is 1.29. The van der Waals surface area contributed by atoms with Crippen LogP contribution in [0.2, 0.25) is 0 Å². The smallest absolute Gasteiger partial charge is 0.220 e. The summed E-state index contributed by atoms with van der Waals surface area (Å²) in [5.74, 6) is -0.141. The van der Waals surface area contributed by atoms with E-state index in [-0.39, 0.29) is 24.3 Å². The van der Waals surface area contributed by atoms with E-state index in [4.69, 9.17) is 10.8 Å². The van der Waals surface area contributed by atoms with Gasteiger partial charge in [-0.15, -0.1) is 0 Å². The molecule has 3 nitrogen and oxygen atoms in total. The summed E-state index contributed by atoms with van der Waals surface area (Å²) >= 11 is 0. The fourth-order valence-electron chi connectivity index (χ4n) is 1.29. The summed E-state index contributed by atoms with van der Waals surface area (Å²) in [5.41, 5.74) is 5.16. The highest BCUT2D eigenvalue weighted by Gasteiger charge is 2.19. The summed E-state index contributed by atoms with van der Waals surface area (Å²) < 4.78 is 0. The molecule has 0 aromatic rings. The average molecular weight is 159 g/mol. The molecule has 0 spiro atoms. The number of aliphatic hydroxyl groups is 1. The zero-order valence-corrected chi connectivity index (χ0v) is 7.21. The largest absolute Gasteiger partial charge is 0.396 e. The molecule has 3 N–H and O–H groups in total. The monoisotopic (exact) mass is 159 g/mol. The Hall–Kier alpha value is -0.570. The highest BCUT2D eigenvalue weighted by molar-refractivity contribution is 5.76. The Morgan fingerprint density at radius 3 is 2.45 bits per heavy atom. The van der Waals surface area contributed by atoms with Gasteiger partial charge in [-0.05, 0) is 18.8 Å². The molecular weight excluding hydrogens is 142 g/mol. The van der Waals surface area contributed by atoms with E-state index < -0.39 is 0 Å². The molecule has 0 aliphatic heterocycles. The van der Waals surface area contributed by atoms with Crippen molar-refractivity contribution < 1.29 is 9.90 Å². The van der Waals surface area contributed by atoms with E-state index >= 15 is 0 Å². The van der Waals surface area contributed by atoms with Gasteiger partial charge in [0.05, 0.1) is 0 Å². The number of amides is 1. The molecule has 0 aliphatic carbocycles. The van der Waals surface area contributed by atoms with Crippen molar-refractivity contribution in [2.24, 2.45) is 17.6 Å². The van der Waals surface area contributed by atoms with Crippen molar-refractivity contribution in [1.29, 1.82) is 0 Å². The second kappa shape index (κ2) is 5.13. The van der Waals surface area contributed by atoms with Crippen LogP contribution in [0.15, 0.2) is 0 Å². The molecule has 3 heteroatoms. The first-order chi connectivity index (χ1) is 5.13. The second-order valence-corrected chi connectivity index (χ2v) is 2.91. The lowest BCUT2D eigenvalue weighted by Gasteiger charge is -2.17. The SMILES string of the molecule is CCC(C(N)=O)C(C)CCO. The quantitative estimate of drug-likeness (QED) is 0.614. The van der Waals surface area contributed by atoms with E-state index in [1.54, 1.807) is 0 Å². The van der Waals surface area contributed by atoms with Crippen LogP contribution < -0.4 is 5.73 Å². The molecule has 11 heavy (non-hydrogen) atoms. The van der Waals surface area contributed by atoms with Crippen LogP contribution in [0.25, 0.3) is 0 Å². The zero-order chi connectivity index (χ0) is 8.85. The highest BCUT2D eigenvalue weighted by Crippen LogP contribution is 2.17. The van der Waals surface area contributed by atoms with Crippen molar-refractivity contribution in [1.82, 2.24) is 0 Å². The van der Waals surface area contributed by atoms with Gasteiger partial charge in [-0.2, -0.15) is 0 Å². The van der Waals surface area contributed by atoms with Crippen LogP contribution in [0, 0.1) is 11.8 Å². The van der Waals surface area contributed by atoms with Crippen LogP contribution in [0.4, 0.5) is 0 Å². The summed E-state index contributed by atoms with van der Waals surface area (Å²) in [6.45, 7) is 4.00. The van der Waals surface area contributed by atoms with Crippen LogP contribution in [-0.4, -0.2) is 17.6 Å². The van der Waals surface area contributed by atoms with Gasteiger partial charge < -0.3 is 10.8 Å². The summed E-state index contributed by atoms with van der Waals surface area (Å²) in [5, 5.41) is 8.61. The lowest BCUT2D eigenvalue weighted by atomic mass is 9.89. The third-order valence-corrected chi connectivity index (χ3v) is 2.08. The lowest BCUT2D eigenvalue weighted by molar-refractivity contribution is -0.123. The maximum Gasteiger partial charge on any atom is 0.220 e. The zero-order valence-electron chi connectivity index (χ0n) is 7.21. The maximum atomic E-state index is 10.8.